The molecule has 8 atom stereocenters. The summed E-state index contributed by atoms with van der Waals surface area (Å²) in [4.78, 5) is 56.2. The maximum atomic E-state index is 14.1. The number of hydrogen-bond acceptors (Lipinski definition) is 12. The van der Waals surface area contributed by atoms with Gasteiger partial charge in [0.2, 0.25) is 11.8 Å². The number of carbonyl (C=O) groups excluding carboxylic acids is 4. The molecule has 16 heteroatoms. The van der Waals surface area contributed by atoms with Crippen LogP contribution in [0.2, 0.25) is 5.02 Å². The van der Waals surface area contributed by atoms with Crippen molar-refractivity contribution in [3.63, 3.8) is 0 Å². The van der Waals surface area contributed by atoms with Gasteiger partial charge in [-0.15, -0.1) is 0 Å². The molecule has 2 N–H and O–H groups in total. The lowest BCUT2D eigenvalue weighted by Crippen LogP contribution is -2.63. The van der Waals surface area contributed by atoms with Crippen molar-refractivity contribution in [3.05, 3.63) is 46.5 Å². The van der Waals surface area contributed by atoms with E-state index in [-0.39, 0.29) is 30.2 Å². The van der Waals surface area contributed by atoms with E-state index in [1.807, 2.05) is 19.3 Å². The molecule has 0 aliphatic carbocycles. The van der Waals surface area contributed by atoms with Gasteiger partial charge >= 0.3 is 12.1 Å². The number of hydrogen-bond donors (Lipinski definition) is 2. The molecule has 1 aromatic rings. The lowest BCUT2D eigenvalue weighted by Gasteiger charge is -2.42. The third-order valence-electron chi connectivity index (χ3n) is 10.0. The number of allylic oxidation sites excluding steroid dienone is 3. The molecular formula is C36H50ClN3O10S2. The van der Waals surface area contributed by atoms with E-state index in [0.29, 0.717) is 23.6 Å². The van der Waals surface area contributed by atoms with Crippen molar-refractivity contribution in [3.8, 4) is 5.75 Å². The molecule has 3 aliphatic rings. The maximum Gasteiger partial charge on any atom is 0.409 e. The van der Waals surface area contributed by atoms with E-state index >= 15 is 0 Å². The fraction of sp³-hybridized carbons (Fsp3) is 0.611. The van der Waals surface area contributed by atoms with Crippen molar-refractivity contribution in [2.45, 2.75) is 95.2 Å². The van der Waals surface area contributed by atoms with Gasteiger partial charge in [-0.2, -0.15) is 0 Å². The minimum absolute atomic E-state index is 0.0452. The summed E-state index contributed by atoms with van der Waals surface area (Å²) >= 11 is 6.75. The van der Waals surface area contributed by atoms with Crippen molar-refractivity contribution in [2.75, 3.05) is 45.2 Å². The Balaban J connectivity index is 1.74. The third-order valence-corrected chi connectivity index (χ3v) is 12.2. The van der Waals surface area contributed by atoms with Crippen LogP contribution >= 0.6 is 33.2 Å². The number of epoxide rings is 1. The van der Waals surface area contributed by atoms with E-state index < -0.39 is 65.7 Å². The second-order valence-electron chi connectivity index (χ2n) is 13.6. The van der Waals surface area contributed by atoms with Gasteiger partial charge in [0.15, 0.2) is 5.72 Å². The zero-order chi connectivity index (χ0) is 38.5. The van der Waals surface area contributed by atoms with Crippen molar-refractivity contribution in [1.29, 1.82) is 0 Å². The van der Waals surface area contributed by atoms with Crippen molar-refractivity contribution < 1.29 is 48.0 Å². The number of anilines is 1. The molecular weight excluding hydrogens is 734 g/mol. The van der Waals surface area contributed by atoms with Gasteiger partial charge in [-0.25, -0.2) is 9.59 Å². The highest BCUT2D eigenvalue weighted by molar-refractivity contribution is 8.76. The quantitative estimate of drug-likeness (QED) is 0.151. The summed E-state index contributed by atoms with van der Waals surface area (Å²) in [6, 6.07) is 2.63. The fourth-order valence-electron chi connectivity index (χ4n) is 6.61. The Labute approximate surface area is 318 Å². The van der Waals surface area contributed by atoms with Gasteiger partial charge in [0.05, 0.1) is 25.3 Å². The average Bonchev–Trinajstić information content (AvgIpc) is 3.80. The van der Waals surface area contributed by atoms with Crippen LogP contribution in [0.4, 0.5) is 10.5 Å². The van der Waals surface area contributed by atoms with E-state index in [4.69, 9.17) is 35.3 Å². The summed E-state index contributed by atoms with van der Waals surface area (Å²) in [5, 5.41) is 14.5. The Hall–Kier alpha value is -2.95. The maximum absolute atomic E-state index is 14.1. The van der Waals surface area contributed by atoms with Gasteiger partial charge in [-0.05, 0) is 51.1 Å². The predicted octanol–water partition coefficient (Wildman–Crippen LogP) is 4.92. The number of carbonyl (C=O) groups is 4. The monoisotopic (exact) mass is 783 g/mol. The third kappa shape index (κ3) is 9.40. The molecule has 4 bridgehead atoms. The lowest BCUT2D eigenvalue weighted by molar-refractivity contribution is -0.161. The van der Waals surface area contributed by atoms with Crippen LogP contribution in [0.5, 0.6) is 5.75 Å². The van der Waals surface area contributed by atoms with Gasteiger partial charge in [-0.3, -0.25) is 14.9 Å². The first-order chi connectivity index (χ1) is 24.5. The standard InChI is InChI=1S/C36H50ClN3O10S2/c1-20-11-10-12-27(47-8)36(45)19-26(48-34(44)38-36)21(2)32-35(4,50-32)28(49-33(43)22(3)39(5)29(41)13-14-52-51-9)18-30(42)40(6)24-16-23(15-20)17-25(46-7)31(24)37/h10-12,16-17,21-22,26-28,32,45H,13-15,18-19H2,1-9H3,(H,38,44)/b12-10+,20-11+/t21-,22-,26?,27+,28+,32?,35?,36-/m0/s1. The predicted molar refractivity (Wildman–Crippen MR) is 202 cm³/mol. The van der Waals surface area contributed by atoms with E-state index in [1.165, 1.54) is 31.1 Å². The Morgan fingerprint density at radius 3 is 2.63 bits per heavy atom. The van der Waals surface area contributed by atoms with Crippen LogP contribution in [0, 0.1) is 5.92 Å². The van der Waals surface area contributed by atoms with Crippen molar-refractivity contribution >= 4 is 62.8 Å². The van der Waals surface area contributed by atoms with Crippen LogP contribution in [0.1, 0.15) is 52.5 Å². The largest absolute Gasteiger partial charge is 0.495 e. The zero-order valence-electron chi connectivity index (χ0n) is 31.1. The van der Waals surface area contributed by atoms with E-state index in [1.54, 1.807) is 73.7 Å². The molecule has 3 heterocycles. The summed E-state index contributed by atoms with van der Waals surface area (Å²) in [7, 11) is 9.14. The summed E-state index contributed by atoms with van der Waals surface area (Å²) in [5.41, 5.74) is -0.884. The number of esters is 1. The number of rotatable bonds is 9. The molecule has 2 fully saturated rings. The van der Waals surface area contributed by atoms with Gasteiger partial charge < -0.3 is 38.6 Å². The van der Waals surface area contributed by atoms with Crippen molar-refractivity contribution in [2.24, 2.45) is 5.92 Å². The SMILES string of the molecule is COc1cc2cc(c1Cl)N(C)C(=O)C[C@@H](OC(=O)[C@H](C)N(C)C(=O)CCSSC)C1(C)OC1[C@@H](C)C1C[C@@](O)(NC(=O)O1)[C@H](OC)/C=C/C=C(\C)C2. The molecule has 288 valence electrons. The number of benzene rings is 1. The average molecular weight is 784 g/mol. The van der Waals surface area contributed by atoms with Crippen molar-refractivity contribution in [1.82, 2.24) is 10.2 Å². The Morgan fingerprint density at radius 2 is 1.98 bits per heavy atom. The number of halogens is 1. The normalized spacial score (nSPS) is 31.6. The second kappa shape index (κ2) is 17.5. The fourth-order valence-corrected chi connectivity index (χ4v) is 8.09. The number of nitrogens with one attached hydrogen (secondary N) is 1. The Kier molecular flexibility index (Phi) is 14.0. The van der Waals surface area contributed by atoms with E-state index in [2.05, 4.69) is 5.32 Å². The van der Waals surface area contributed by atoms with Gasteiger partial charge in [0, 0.05) is 45.7 Å². The van der Waals surface area contributed by atoms with Crippen LogP contribution in [-0.2, 0) is 39.8 Å². The number of likely N-dealkylation sites (N-methyl/N-ethyl adjacent to an activating group) is 1. The molecule has 3 aliphatic heterocycles. The highest BCUT2D eigenvalue weighted by atomic mass is 35.5. The zero-order valence-corrected chi connectivity index (χ0v) is 33.5. The highest BCUT2D eigenvalue weighted by Crippen LogP contribution is 2.49. The topological polar surface area (TPSA) is 156 Å². The first-order valence-corrected chi connectivity index (χ1v) is 20.1. The van der Waals surface area contributed by atoms with Gasteiger partial charge in [0.1, 0.15) is 40.7 Å². The number of amides is 3. The molecule has 0 aromatic heterocycles. The molecule has 3 amide bonds. The number of ether oxygens (including phenoxy) is 5. The lowest BCUT2D eigenvalue weighted by atomic mass is 9.83. The molecule has 0 radical (unpaired) electrons. The van der Waals surface area contributed by atoms with E-state index in [9.17, 15) is 24.3 Å². The van der Waals surface area contributed by atoms with Crippen LogP contribution in [0.25, 0.3) is 0 Å². The van der Waals surface area contributed by atoms with Gasteiger partial charge in [-0.1, -0.05) is 63.9 Å². The molecule has 13 nitrogen and oxygen atoms in total. The van der Waals surface area contributed by atoms with Crippen LogP contribution in [0.3, 0.4) is 0 Å². The second-order valence-corrected chi connectivity index (χ2v) is 16.7. The summed E-state index contributed by atoms with van der Waals surface area (Å²) < 4.78 is 29.2. The molecule has 0 spiro atoms. The molecule has 52 heavy (non-hydrogen) atoms. The Morgan fingerprint density at radius 1 is 1.27 bits per heavy atom. The molecule has 4 rings (SSSR count). The van der Waals surface area contributed by atoms with Crippen LogP contribution < -0.4 is 15.0 Å². The van der Waals surface area contributed by atoms with Gasteiger partial charge in [0.25, 0.3) is 0 Å². The highest BCUT2D eigenvalue weighted by Gasteiger charge is 2.64. The number of alkyl carbamates (subject to hydrolysis) is 1. The molecule has 0 saturated carbocycles. The molecule has 2 saturated heterocycles. The Bertz CT molecular complexity index is 1580. The number of aliphatic hydroxyl groups is 1. The van der Waals surface area contributed by atoms with Crippen LogP contribution in [0.15, 0.2) is 35.9 Å². The van der Waals surface area contributed by atoms with E-state index in [0.717, 1.165) is 11.1 Å². The summed E-state index contributed by atoms with van der Waals surface area (Å²) in [5.74, 6) is -0.916. The first kappa shape index (κ1) is 41.8. The minimum Gasteiger partial charge on any atom is -0.495 e. The first-order valence-electron chi connectivity index (χ1n) is 17.0. The number of methoxy groups -OCH3 is 2. The molecule has 3 unspecified atom stereocenters. The smallest absolute Gasteiger partial charge is 0.409 e. The minimum atomic E-state index is -1.82. The number of nitrogens with zero attached hydrogens (tertiary/aromatic N) is 2. The number of fused-ring (bicyclic) bond motifs is 5. The summed E-state index contributed by atoms with van der Waals surface area (Å²) in [6.45, 7) is 7.02. The molecule has 1 aromatic carbocycles. The van der Waals surface area contributed by atoms with Crippen LogP contribution in [-0.4, -0.2) is 116 Å². The summed E-state index contributed by atoms with van der Waals surface area (Å²) in [6.07, 6.45) is 3.17.